The first-order valence-electron chi connectivity index (χ1n) is 6.62. The number of nitrogens with one attached hydrogen (secondary N) is 1. The van der Waals surface area contributed by atoms with E-state index >= 15 is 0 Å². The van der Waals surface area contributed by atoms with E-state index in [1.54, 1.807) is 0 Å². The Hall–Kier alpha value is -0.640. The summed E-state index contributed by atoms with van der Waals surface area (Å²) in [6, 6.07) is 0. The summed E-state index contributed by atoms with van der Waals surface area (Å²) in [6.07, 6.45) is 9.11. The molecule has 0 amide bonds. The molecule has 1 aliphatic heterocycles. The summed E-state index contributed by atoms with van der Waals surface area (Å²) in [4.78, 5) is 4.40. The van der Waals surface area contributed by atoms with Gasteiger partial charge in [-0.1, -0.05) is 13.3 Å². The number of hydrogen-bond donors (Lipinski definition) is 1. The van der Waals surface area contributed by atoms with Crippen molar-refractivity contribution in [3.63, 3.8) is 0 Å². The molecule has 2 heterocycles. The van der Waals surface area contributed by atoms with Crippen molar-refractivity contribution in [1.82, 2.24) is 9.55 Å². The second-order valence-corrected chi connectivity index (χ2v) is 6.74. The van der Waals surface area contributed by atoms with Crippen LogP contribution in [-0.4, -0.2) is 26.6 Å². The maximum Gasteiger partial charge on any atom is 0.202 e. The van der Waals surface area contributed by atoms with Crippen molar-refractivity contribution in [2.75, 3.05) is 17.6 Å². The summed E-state index contributed by atoms with van der Waals surface area (Å²) in [6.45, 7) is 6.69. The first kappa shape index (κ1) is 12.8. The van der Waals surface area contributed by atoms with Crippen molar-refractivity contribution in [3.8, 4) is 0 Å². The Labute approximate surface area is 108 Å². The van der Waals surface area contributed by atoms with E-state index in [4.69, 9.17) is 0 Å². The molecule has 17 heavy (non-hydrogen) atoms. The van der Waals surface area contributed by atoms with Gasteiger partial charge in [0.15, 0.2) is 0 Å². The minimum Gasteiger partial charge on any atom is -0.356 e. The predicted octanol–water partition coefficient (Wildman–Crippen LogP) is 3.38. The van der Waals surface area contributed by atoms with Crippen LogP contribution in [0.25, 0.3) is 0 Å². The van der Waals surface area contributed by atoms with Crippen molar-refractivity contribution >= 4 is 17.7 Å². The molecule has 3 nitrogen and oxygen atoms in total. The van der Waals surface area contributed by atoms with E-state index in [-0.39, 0.29) is 0 Å². The second kappa shape index (κ2) is 5.80. The van der Waals surface area contributed by atoms with Crippen molar-refractivity contribution in [2.45, 2.75) is 50.8 Å². The molecule has 1 unspecified atom stereocenters. The van der Waals surface area contributed by atoms with Crippen LogP contribution >= 0.6 is 11.8 Å². The Morgan fingerprint density at radius 3 is 3.18 bits per heavy atom. The second-order valence-electron chi connectivity index (χ2n) is 5.06. The molecule has 4 heteroatoms. The van der Waals surface area contributed by atoms with E-state index < -0.39 is 0 Å². The van der Waals surface area contributed by atoms with Crippen LogP contribution in [0.15, 0.2) is 12.4 Å². The first-order chi connectivity index (χ1) is 8.23. The van der Waals surface area contributed by atoms with Crippen LogP contribution in [0.5, 0.6) is 0 Å². The van der Waals surface area contributed by atoms with Crippen LogP contribution in [-0.2, 0) is 6.54 Å². The van der Waals surface area contributed by atoms with Gasteiger partial charge < -0.3 is 9.88 Å². The molecule has 0 radical (unpaired) electrons. The van der Waals surface area contributed by atoms with Gasteiger partial charge in [-0.15, -0.1) is 0 Å². The van der Waals surface area contributed by atoms with Gasteiger partial charge in [0.2, 0.25) is 5.95 Å². The molecule has 1 aromatic heterocycles. The fourth-order valence-electron chi connectivity index (χ4n) is 2.30. The highest BCUT2D eigenvalue weighted by Crippen LogP contribution is 2.39. The topological polar surface area (TPSA) is 29.9 Å². The number of anilines is 1. The third-order valence-electron chi connectivity index (χ3n) is 3.33. The average Bonchev–Trinajstić information content (AvgIpc) is 2.90. The minimum atomic E-state index is 0.405. The molecule has 0 bridgehead atoms. The smallest absolute Gasteiger partial charge is 0.202 e. The molecule has 1 saturated heterocycles. The first-order valence-corrected chi connectivity index (χ1v) is 7.61. The third-order valence-corrected chi connectivity index (χ3v) is 4.86. The maximum absolute atomic E-state index is 4.40. The molecule has 2 rings (SSSR count). The highest BCUT2D eigenvalue weighted by molar-refractivity contribution is 8.00. The quantitative estimate of drug-likeness (QED) is 0.788. The van der Waals surface area contributed by atoms with Crippen LogP contribution < -0.4 is 5.32 Å². The highest BCUT2D eigenvalue weighted by Gasteiger charge is 2.30. The van der Waals surface area contributed by atoms with Gasteiger partial charge in [0.25, 0.3) is 0 Å². The van der Waals surface area contributed by atoms with E-state index in [1.807, 2.05) is 6.20 Å². The van der Waals surface area contributed by atoms with Crippen molar-refractivity contribution in [2.24, 2.45) is 0 Å². The van der Waals surface area contributed by atoms with Crippen LogP contribution in [0.3, 0.4) is 0 Å². The predicted molar refractivity (Wildman–Crippen MR) is 75.7 cm³/mol. The summed E-state index contributed by atoms with van der Waals surface area (Å²) in [5, 5.41) is 3.43. The average molecular weight is 253 g/mol. The lowest BCUT2D eigenvalue weighted by Crippen LogP contribution is -2.24. The molecular weight excluding hydrogens is 230 g/mol. The lowest BCUT2D eigenvalue weighted by molar-refractivity contribution is 0.513. The Bertz CT molecular complexity index is 342. The SMILES string of the molecule is CCCCNc1nccn1CC1(C)CCCS1. The monoisotopic (exact) mass is 253 g/mol. The van der Waals surface area contributed by atoms with Crippen LogP contribution in [0.4, 0.5) is 5.95 Å². The van der Waals surface area contributed by atoms with Crippen molar-refractivity contribution in [3.05, 3.63) is 12.4 Å². The summed E-state index contributed by atoms with van der Waals surface area (Å²) >= 11 is 2.10. The zero-order valence-electron chi connectivity index (χ0n) is 10.9. The molecule has 0 aliphatic carbocycles. The fourth-order valence-corrected chi connectivity index (χ4v) is 3.60. The van der Waals surface area contributed by atoms with Gasteiger partial charge in [0, 0.05) is 30.2 Å². The summed E-state index contributed by atoms with van der Waals surface area (Å²) < 4.78 is 2.68. The molecule has 0 spiro atoms. The standard InChI is InChI=1S/C13H23N3S/c1-3-4-7-14-12-15-8-9-16(12)11-13(2)6-5-10-17-13/h8-9H,3-7,10-11H2,1-2H3,(H,14,15). The molecule has 0 aromatic carbocycles. The summed E-state index contributed by atoms with van der Waals surface area (Å²) in [5.74, 6) is 2.34. The molecular formula is C13H23N3S. The Kier molecular flexibility index (Phi) is 4.37. The lowest BCUT2D eigenvalue weighted by Gasteiger charge is -2.24. The van der Waals surface area contributed by atoms with E-state index in [2.05, 4.69) is 46.7 Å². The van der Waals surface area contributed by atoms with Gasteiger partial charge in [-0.3, -0.25) is 0 Å². The molecule has 1 aliphatic rings. The van der Waals surface area contributed by atoms with Gasteiger partial charge in [0.05, 0.1) is 0 Å². The van der Waals surface area contributed by atoms with E-state index in [0.717, 1.165) is 19.0 Å². The number of thioether (sulfide) groups is 1. The molecule has 1 aromatic rings. The van der Waals surface area contributed by atoms with Gasteiger partial charge in [-0.25, -0.2) is 4.98 Å². The lowest BCUT2D eigenvalue weighted by atomic mass is 10.1. The largest absolute Gasteiger partial charge is 0.356 e. The normalized spacial score (nSPS) is 24.1. The number of imidazole rings is 1. The van der Waals surface area contributed by atoms with E-state index in [1.165, 1.54) is 31.4 Å². The number of rotatable bonds is 6. The van der Waals surface area contributed by atoms with Crippen LogP contribution in [0.2, 0.25) is 0 Å². The number of nitrogens with zero attached hydrogens (tertiary/aromatic N) is 2. The van der Waals surface area contributed by atoms with E-state index in [9.17, 15) is 0 Å². The molecule has 0 saturated carbocycles. The van der Waals surface area contributed by atoms with Gasteiger partial charge in [0.1, 0.15) is 0 Å². The number of hydrogen-bond acceptors (Lipinski definition) is 3. The Morgan fingerprint density at radius 1 is 1.59 bits per heavy atom. The van der Waals surface area contributed by atoms with Gasteiger partial charge in [-0.05, 0) is 31.9 Å². The maximum atomic E-state index is 4.40. The molecule has 1 atom stereocenters. The third kappa shape index (κ3) is 3.41. The van der Waals surface area contributed by atoms with Crippen molar-refractivity contribution < 1.29 is 0 Å². The highest BCUT2D eigenvalue weighted by atomic mass is 32.2. The summed E-state index contributed by atoms with van der Waals surface area (Å²) in [5.41, 5.74) is 0. The summed E-state index contributed by atoms with van der Waals surface area (Å²) in [7, 11) is 0. The van der Waals surface area contributed by atoms with Crippen LogP contribution in [0.1, 0.15) is 39.5 Å². The van der Waals surface area contributed by atoms with Crippen molar-refractivity contribution in [1.29, 1.82) is 0 Å². The van der Waals surface area contributed by atoms with Gasteiger partial charge >= 0.3 is 0 Å². The van der Waals surface area contributed by atoms with Crippen LogP contribution in [0, 0.1) is 0 Å². The Balaban J connectivity index is 1.93. The molecule has 96 valence electrons. The number of aromatic nitrogens is 2. The molecule has 1 N–H and O–H groups in total. The minimum absolute atomic E-state index is 0.405. The zero-order valence-corrected chi connectivity index (χ0v) is 11.7. The van der Waals surface area contributed by atoms with Gasteiger partial charge in [-0.2, -0.15) is 11.8 Å². The fraction of sp³-hybridized carbons (Fsp3) is 0.769. The van der Waals surface area contributed by atoms with E-state index in [0.29, 0.717) is 4.75 Å². The number of unbranched alkanes of at least 4 members (excludes halogenated alkanes) is 1. The Morgan fingerprint density at radius 2 is 2.47 bits per heavy atom. The zero-order chi connectivity index (χ0) is 12.1. The molecule has 1 fully saturated rings.